The molecule has 9 heteroatoms. The number of carbonyl (C=O) groups is 1. The summed E-state index contributed by atoms with van der Waals surface area (Å²) in [5.74, 6) is -1.29. The molecule has 0 aliphatic rings. The molecule has 2 N–H and O–H groups in total. The minimum absolute atomic E-state index is 0.0220. The molecule has 0 aliphatic heterocycles. The molecular formula is C16H15Cl2FN2O3S. The van der Waals surface area contributed by atoms with E-state index in [0.717, 1.165) is 12.1 Å². The minimum Gasteiger partial charge on any atom is -0.335 e. The van der Waals surface area contributed by atoms with Crippen LogP contribution in [0, 0.1) is 5.82 Å². The molecule has 0 spiro atoms. The molecule has 0 radical (unpaired) electrons. The molecule has 0 heterocycles. The van der Waals surface area contributed by atoms with Crippen LogP contribution in [-0.2, 0) is 10.0 Å². The third kappa shape index (κ3) is 4.30. The van der Waals surface area contributed by atoms with Crippen LogP contribution in [0.5, 0.6) is 0 Å². The Bertz CT molecular complexity index is 935. The van der Waals surface area contributed by atoms with Crippen LogP contribution >= 0.6 is 23.2 Å². The van der Waals surface area contributed by atoms with Crippen molar-refractivity contribution in [2.75, 3.05) is 7.05 Å². The van der Waals surface area contributed by atoms with Crippen molar-refractivity contribution in [3.8, 4) is 0 Å². The average Bonchev–Trinajstić information content (AvgIpc) is 2.55. The summed E-state index contributed by atoms with van der Waals surface area (Å²) < 4.78 is 36.6. The van der Waals surface area contributed by atoms with E-state index in [-0.39, 0.29) is 20.5 Å². The lowest BCUT2D eigenvalue weighted by atomic mass is 10.1. The maximum Gasteiger partial charge on any atom is 0.255 e. The largest absolute Gasteiger partial charge is 0.335 e. The van der Waals surface area contributed by atoms with Crippen LogP contribution in [0.1, 0.15) is 28.9 Å². The van der Waals surface area contributed by atoms with Gasteiger partial charge in [0.05, 0.1) is 26.5 Å². The van der Waals surface area contributed by atoms with Crippen molar-refractivity contribution in [3.05, 3.63) is 63.4 Å². The monoisotopic (exact) mass is 404 g/mol. The number of amides is 1. The summed E-state index contributed by atoms with van der Waals surface area (Å²) >= 11 is 11.6. The molecule has 0 saturated heterocycles. The van der Waals surface area contributed by atoms with Gasteiger partial charge in [0.2, 0.25) is 10.0 Å². The summed E-state index contributed by atoms with van der Waals surface area (Å²) in [6.45, 7) is 1.69. The molecule has 2 rings (SSSR count). The van der Waals surface area contributed by atoms with Crippen molar-refractivity contribution < 1.29 is 17.6 Å². The van der Waals surface area contributed by atoms with Crippen molar-refractivity contribution in [1.82, 2.24) is 4.90 Å². The summed E-state index contributed by atoms with van der Waals surface area (Å²) in [6, 6.07) is 7.55. The lowest BCUT2D eigenvalue weighted by Gasteiger charge is -2.26. The number of sulfonamides is 1. The van der Waals surface area contributed by atoms with Gasteiger partial charge < -0.3 is 4.90 Å². The van der Waals surface area contributed by atoms with Crippen LogP contribution < -0.4 is 5.14 Å². The highest BCUT2D eigenvalue weighted by Gasteiger charge is 2.23. The molecule has 0 fully saturated rings. The Morgan fingerprint density at radius 2 is 1.84 bits per heavy atom. The highest BCUT2D eigenvalue weighted by molar-refractivity contribution is 7.89. The number of benzene rings is 2. The zero-order chi connectivity index (χ0) is 18.9. The fourth-order valence-corrected chi connectivity index (χ4v) is 3.26. The van der Waals surface area contributed by atoms with E-state index in [2.05, 4.69) is 0 Å². The molecule has 0 saturated carbocycles. The molecule has 0 aliphatic carbocycles. The summed E-state index contributed by atoms with van der Waals surface area (Å²) in [7, 11) is -2.36. The Labute approximate surface area is 155 Å². The first-order chi connectivity index (χ1) is 11.5. The van der Waals surface area contributed by atoms with E-state index < -0.39 is 27.8 Å². The average molecular weight is 405 g/mol. The number of halogens is 3. The molecule has 25 heavy (non-hydrogen) atoms. The molecule has 5 nitrogen and oxygen atoms in total. The molecule has 0 bridgehead atoms. The first-order valence-corrected chi connectivity index (χ1v) is 9.37. The molecule has 1 unspecified atom stereocenters. The van der Waals surface area contributed by atoms with Gasteiger partial charge in [0, 0.05) is 7.05 Å². The van der Waals surface area contributed by atoms with Crippen molar-refractivity contribution in [3.63, 3.8) is 0 Å². The van der Waals surface area contributed by atoms with Gasteiger partial charge in [-0.2, -0.15) is 0 Å². The van der Waals surface area contributed by atoms with Crippen molar-refractivity contribution in [2.24, 2.45) is 5.14 Å². The van der Waals surface area contributed by atoms with Gasteiger partial charge in [-0.3, -0.25) is 4.79 Å². The Morgan fingerprint density at radius 3 is 2.44 bits per heavy atom. The van der Waals surface area contributed by atoms with E-state index in [1.165, 1.54) is 30.1 Å². The van der Waals surface area contributed by atoms with E-state index in [1.54, 1.807) is 13.0 Å². The van der Waals surface area contributed by atoms with E-state index in [9.17, 15) is 17.6 Å². The fraction of sp³-hybridized carbons (Fsp3) is 0.188. The Kier molecular flexibility index (Phi) is 5.73. The second-order valence-electron chi connectivity index (χ2n) is 5.46. The standard InChI is InChI=1S/C16H15Cl2FN2O3S/c1-9(10-4-3-5-11(6-10)25(20,23)24)21(2)16(22)12-7-15(19)14(18)8-13(12)17/h3-9H,1-2H3,(H2,20,23,24). The SMILES string of the molecule is CC(c1cccc(S(N)(=O)=O)c1)N(C)C(=O)c1cc(F)c(Cl)cc1Cl. The first kappa shape index (κ1) is 19.7. The van der Waals surface area contributed by atoms with Gasteiger partial charge in [-0.1, -0.05) is 35.3 Å². The van der Waals surface area contributed by atoms with Gasteiger partial charge in [0.1, 0.15) is 5.82 Å². The highest BCUT2D eigenvalue weighted by atomic mass is 35.5. The smallest absolute Gasteiger partial charge is 0.255 e. The van der Waals surface area contributed by atoms with Gasteiger partial charge in [-0.05, 0) is 36.8 Å². The second kappa shape index (κ2) is 7.29. The quantitative estimate of drug-likeness (QED) is 0.790. The molecule has 2 aromatic rings. The number of hydrogen-bond donors (Lipinski definition) is 1. The van der Waals surface area contributed by atoms with E-state index in [4.69, 9.17) is 28.3 Å². The topological polar surface area (TPSA) is 80.5 Å². The number of nitrogens with two attached hydrogens (primary N) is 1. The number of carbonyl (C=O) groups excluding carboxylic acids is 1. The Hall–Kier alpha value is -1.67. The summed E-state index contributed by atoms with van der Waals surface area (Å²) in [6.07, 6.45) is 0. The van der Waals surface area contributed by atoms with Crippen LogP contribution in [0.4, 0.5) is 4.39 Å². The lowest BCUT2D eigenvalue weighted by Crippen LogP contribution is -2.30. The number of primary sulfonamides is 1. The molecule has 2 aromatic carbocycles. The maximum atomic E-state index is 13.6. The number of hydrogen-bond acceptors (Lipinski definition) is 3. The summed E-state index contributed by atoms with van der Waals surface area (Å²) in [5, 5.41) is 4.96. The zero-order valence-corrected chi connectivity index (χ0v) is 15.7. The second-order valence-corrected chi connectivity index (χ2v) is 7.83. The van der Waals surface area contributed by atoms with Crippen molar-refractivity contribution >= 4 is 39.1 Å². The van der Waals surface area contributed by atoms with E-state index >= 15 is 0 Å². The van der Waals surface area contributed by atoms with Gasteiger partial charge in [-0.15, -0.1) is 0 Å². The third-order valence-electron chi connectivity index (χ3n) is 3.81. The Morgan fingerprint density at radius 1 is 1.20 bits per heavy atom. The molecule has 134 valence electrons. The van der Waals surface area contributed by atoms with Crippen LogP contribution in [-0.4, -0.2) is 26.3 Å². The lowest BCUT2D eigenvalue weighted by molar-refractivity contribution is 0.0742. The highest BCUT2D eigenvalue weighted by Crippen LogP contribution is 2.28. The van der Waals surface area contributed by atoms with Crippen molar-refractivity contribution in [2.45, 2.75) is 17.9 Å². The molecule has 0 aromatic heterocycles. The van der Waals surface area contributed by atoms with Crippen LogP contribution in [0.25, 0.3) is 0 Å². The van der Waals surface area contributed by atoms with Crippen LogP contribution in [0.2, 0.25) is 10.0 Å². The van der Waals surface area contributed by atoms with Crippen LogP contribution in [0.3, 0.4) is 0 Å². The third-order valence-corrected chi connectivity index (χ3v) is 5.32. The first-order valence-electron chi connectivity index (χ1n) is 7.07. The minimum atomic E-state index is -3.86. The van der Waals surface area contributed by atoms with Gasteiger partial charge in [-0.25, -0.2) is 17.9 Å². The molecule has 1 amide bonds. The van der Waals surface area contributed by atoms with E-state index in [1.807, 2.05) is 0 Å². The van der Waals surface area contributed by atoms with Gasteiger partial charge in [0.15, 0.2) is 0 Å². The Balaban J connectivity index is 2.36. The fourth-order valence-electron chi connectivity index (χ4n) is 2.23. The zero-order valence-electron chi connectivity index (χ0n) is 13.3. The van der Waals surface area contributed by atoms with Gasteiger partial charge in [0.25, 0.3) is 5.91 Å². The molecular weight excluding hydrogens is 390 g/mol. The summed E-state index contributed by atoms with van der Waals surface area (Å²) in [5.41, 5.74) is 0.508. The van der Waals surface area contributed by atoms with Crippen molar-refractivity contribution in [1.29, 1.82) is 0 Å². The normalized spacial score (nSPS) is 12.7. The number of rotatable bonds is 4. The predicted octanol–water partition coefficient (Wildman–Crippen LogP) is 3.61. The van der Waals surface area contributed by atoms with Crippen LogP contribution in [0.15, 0.2) is 41.3 Å². The maximum absolute atomic E-state index is 13.6. The number of nitrogens with zero attached hydrogens (tertiary/aromatic N) is 1. The van der Waals surface area contributed by atoms with E-state index in [0.29, 0.717) is 5.56 Å². The molecule has 1 atom stereocenters. The van der Waals surface area contributed by atoms with Gasteiger partial charge >= 0.3 is 0 Å². The predicted molar refractivity (Wildman–Crippen MR) is 94.7 cm³/mol. The summed E-state index contributed by atoms with van der Waals surface area (Å²) in [4.78, 5) is 13.9.